The maximum Gasteiger partial charge on any atom is 0.269 e. The summed E-state index contributed by atoms with van der Waals surface area (Å²) in [5.41, 5.74) is 6.35. The van der Waals surface area contributed by atoms with Gasteiger partial charge in [0.25, 0.3) is 5.56 Å². The summed E-state index contributed by atoms with van der Waals surface area (Å²) in [6, 6.07) is 0. The number of aryl methyl sites for hydroxylation is 1. The molecule has 2 aromatic heterocycles. The number of fused-ring (bicyclic) bond motifs is 1. The van der Waals surface area contributed by atoms with Crippen molar-refractivity contribution in [2.24, 2.45) is 0 Å². The minimum atomic E-state index is -0.192. The van der Waals surface area contributed by atoms with E-state index in [1.165, 1.54) is 10.8 Å². The van der Waals surface area contributed by atoms with Gasteiger partial charge in [-0.1, -0.05) is 0 Å². The molecule has 6 nitrogen and oxygen atoms in total. The molecular formula is C6H7N5O. The molecule has 0 amide bonds. The molecule has 0 saturated carbocycles. The maximum atomic E-state index is 11.1. The van der Waals surface area contributed by atoms with E-state index in [1.54, 1.807) is 6.92 Å². The third-order valence-electron chi connectivity index (χ3n) is 1.70. The Labute approximate surface area is 67.0 Å². The smallest absolute Gasteiger partial charge is 0.269 e. The number of nitrogens with two attached hydrogens (primary N) is 1. The lowest BCUT2D eigenvalue weighted by atomic mass is 10.4. The van der Waals surface area contributed by atoms with Gasteiger partial charge in [-0.05, 0) is 6.92 Å². The van der Waals surface area contributed by atoms with Gasteiger partial charge in [-0.25, -0.2) is 14.5 Å². The average Bonchev–Trinajstić information content (AvgIpc) is 2.32. The van der Waals surface area contributed by atoms with Crippen LogP contribution in [0.3, 0.4) is 0 Å². The standard InChI is InChI=1S/C6H7N5O/c1-3-4-8-2-9-6(7)11(4)10-5(3)12/h2H,1H3,(H,10,12)(H2,7,8,9). The summed E-state index contributed by atoms with van der Waals surface area (Å²) in [7, 11) is 0. The molecule has 2 rings (SSSR count). The molecule has 0 spiro atoms. The van der Waals surface area contributed by atoms with Crippen LogP contribution in [0.1, 0.15) is 5.56 Å². The highest BCUT2D eigenvalue weighted by atomic mass is 16.1. The quantitative estimate of drug-likeness (QED) is 0.540. The number of H-pyrrole nitrogens is 1. The molecule has 0 saturated heterocycles. The second-order valence-corrected chi connectivity index (χ2v) is 2.46. The molecule has 0 aromatic carbocycles. The lowest BCUT2D eigenvalue weighted by Crippen LogP contribution is -2.05. The lowest BCUT2D eigenvalue weighted by Gasteiger charge is -1.95. The Kier molecular flexibility index (Phi) is 1.18. The van der Waals surface area contributed by atoms with Crippen molar-refractivity contribution in [1.29, 1.82) is 0 Å². The Hall–Kier alpha value is -1.85. The van der Waals surface area contributed by atoms with Crippen LogP contribution in [-0.4, -0.2) is 19.6 Å². The molecule has 0 radical (unpaired) electrons. The summed E-state index contributed by atoms with van der Waals surface area (Å²) in [4.78, 5) is 18.7. The van der Waals surface area contributed by atoms with Crippen molar-refractivity contribution in [3.05, 3.63) is 22.2 Å². The second-order valence-electron chi connectivity index (χ2n) is 2.46. The number of nitrogens with zero attached hydrogens (tertiary/aromatic N) is 3. The topological polar surface area (TPSA) is 89.1 Å². The highest BCUT2D eigenvalue weighted by Crippen LogP contribution is 2.02. The van der Waals surface area contributed by atoms with Crippen LogP contribution in [0, 0.1) is 6.92 Å². The highest BCUT2D eigenvalue weighted by Gasteiger charge is 2.06. The Morgan fingerprint density at radius 2 is 2.33 bits per heavy atom. The lowest BCUT2D eigenvalue weighted by molar-refractivity contribution is 0.894. The van der Waals surface area contributed by atoms with Crippen molar-refractivity contribution in [1.82, 2.24) is 19.6 Å². The van der Waals surface area contributed by atoms with Crippen LogP contribution in [0.4, 0.5) is 5.95 Å². The van der Waals surface area contributed by atoms with E-state index in [0.717, 1.165) is 0 Å². The molecule has 0 aliphatic rings. The van der Waals surface area contributed by atoms with E-state index in [1.807, 2.05) is 0 Å². The van der Waals surface area contributed by atoms with Crippen molar-refractivity contribution < 1.29 is 0 Å². The van der Waals surface area contributed by atoms with Crippen LogP contribution in [0.2, 0.25) is 0 Å². The van der Waals surface area contributed by atoms with Gasteiger partial charge < -0.3 is 5.73 Å². The van der Waals surface area contributed by atoms with Gasteiger partial charge in [-0.3, -0.25) is 9.89 Å². The van der Waals surface area contributed by atoms with Gasteiger partial charge in [-0.2, -0.15) is 0 Å². The predicted octanol–water partition coefficient (Wildman–Crippen LogP) is -0.692. The van der Waals surface area contributed by atoms with Gasteiger partial charge in [-0.15, -0.1) is 0 Å². The number of rotatable bonds is 0. The summed E-state index contributed by atoms with van der Waals surface area (Å²) in [6.07, 6.45) is 1.32. The van der Waals surface area contributed by atoms with Crippen molar-refractivity contribution in [3.8, 4) is 0 Å². The molecule has 0 bridgehead atoms. The normalized spacial score (nSPS) is 10.8. The average molecular weight is 165 g/mol. The molecule has 0 aliphatic carbocycles. The van der Waals surface area contributed by atoms with Crippen LogP contribution in [0.5, 0.6) is 0 Å². The summed E-state index contributed by atoms with van der Waals surface area (Å²) >= 11 is 0. The summed E-state index contributed by atoms with van der Waals surface area (Å²) in [5, 5.41) is 2.51. The zero-order valence-electron chi connectivity index (χ0n) is 6.40. The monoisotopic (exact) mass is 165 g/mol. The van der Waals surface area contributed by atoms with Gasteiger partial charge in [0.2, 0.25) is 5.95 Å². The van der Waals surface area contributed by atoms with Gasteiger partial charge in [0, 0.05) is 0 Å². The predicted molar refractivity (Wildman–Crippen MR) is 42.8 cm³/mol. The molecule has 3 N–H and O–H groups in total. The first kappa shape index (κ1) is 6.84. The number of nitrogen functional groups attached to an aromatic ring is 1. The van der Waals surface area contributed by atoms with Gasteiger partial charge >= 0.3 is 0 Å². The second kappa shape index (κ2) is 2.07. The van der Waals surface area contributed by atoms with Crippen LogP contribution in [0.25, 0.3) is 5.65 Å². The zero-order chi connectivity index (χ0) is 8.72. The van der Waals surface area contributed by atoms with Gasteiger partial charge in [0.15, 0.2) is 5.65 Å². The number of nitrogens with one attached hydrogen (secondary N) is 1. The minimum absolute atomic E-state index is 0.192. The molecule has 6 heteroatoms. The number of hydrogen-bond donors (Lipinski definition) is 2. The first-order valence-corrected chi connectivity index (χ1v) is 3.38. The third kappa shape index (κ3) is 0.714. The van der Waals surface area contributed by atoms with E-state index in [-0.39, 0.29) is 11.5 Å². The Morgan fingerprint density at radius 1 is 1.58 bits per heavy atom. The summed E-state index contributed by atoms with van der Waals surface area (Å²) < 4.78 is 1.36. The van der Waals surface area contributed by atoms with Crippen LogP contribution < -0.4 is 11.3 Å². The number of hydrogen-bond acceptors (Lipinski definition) is 4. The Bertz CT molecular complexity index is 482. The molecule has 12 heavy (non-hydrogen) atoms. The van der Waals surface area contributed by atoms with Gasteiger partial charge in [0.05, 0.1) is 5.56 Å². The summed E-state index contributed by atoms with van der Waals surface area (Å²) in [6.45, 7) is 1.68. The van der Waals surface area contributed by atoms with E-state index in [4.69, 9.17) is 5.73 Å². The molecule has 0 unspecified atom stereocenters. The largest absolute Gasteiger partial charge is 0.368 e. The van der Waals surface area contributed by atoms with E-state index in [9.17, 15) is 4.79 Å². The third-order valence-corrected chi connectivity index (χ3v) is 1.70. The number of aromatic amines is 1. The van der Waals surface area contributed by atoms with Crippen molar-refractivity contribution in [2.45, 2.75) is 6.92 Å². The van der Waals surface area contributed by atoms with E-state index in [0.29, 0.717) is 11.2 Å². The molecular weight excluding hydrogens is 158 g/mol. The van der Waals surface area contributed by atoms with E-state index < -0.39 is 0 Å². The Morgan fingerprint density at radius 3 is 3.00 bits per heavy atom. The molecule has 2 heterocycles. The fourth-order valence-electron chi connectivity index (χ4n) is 1.03. The fraction of sp³-hybridized carbons (Fsp3) is 0.167. The van der Waals surface area contributed by atoms with Gasteiger partial charge in [0.1, 0.15) is 6.33 Å². The first-order chi connectivity index (χ1) is 5.70. The highest BCUT2D eigenvalue weighted by molar-refractivity contribution is 5.47. The molecule has 0 aliphatic heterocycles. The molecule has 2 aromatic rings. The first-order valence-electron chi connectivity index (χ1n) is 3.38. The number of anilines is 1. The van der Waals surface area contributed by atoms with Crippen molar-refractivity contribution >= 4 is 11.6 Å². The Balaban J connectivity index is 3.05. The van der Waals surface area contributed by atoms with Crippen LogP contribution in [-0.2, 0) is 0 Å². The fourth-order valence-corrected chi connectivity index (χ4v) is 1.03. The molecule has 0 fully saturated rings. The molecule has 62 valence electrons. The summed E-state index contributed by atoms with van der Waals surface area (Å²) in [5.74, 6) is 0.227. The van der Waals surface area contributed by atoms with E-state index >= 15 is 0 Å². The van der Waals surface area contributed by atoms with Crippen molar-refractivity contribution in [2.75, 3.05) is 5.73 Å². The van der Waals surface area contributed by atoms with Crippen LogP contribution in [0.15, 0.2) is 11.1 Å². The van der Waals surface area contributed by atoms with Crippen LogP contribution >= 0.6 is 0 Å². The zero-order valence-corrected chi connectivity index (χ0v) is 6.40. The van der Waals surface area contributed by atoms with Crippen molar-refractivity contribution in [3.63, 3.8) is 0 Å². The molecule has 0 atom stereocenters. The minimum Gasteiger partial charge on any atom is -0.368 e. The SMILES string of the molecule is Cc1c(=O)[nH]n2c(N)ncnc12. The maximum absolute atomic E-state index is 11.1. The van der Waals surface area contributed by atoms with E-state index in [2.05, 4.69) is 15.1 Å². The number of aromatic nitrogens is 4.